The summed E-state index contributed by atoms with van der Waals surface area (Å²) in [6.45, 7) is 4.52. The molecule has 1 heterocycles. The van der Waals surface area contributed by atoms with Crippen molar-refractivity contribution in [3.8, 4) is 5.75 Å². The van der Waals surface area contributed by atoms with Crippen LogP contribution in [0.2, 0.25) is 0 Å². The fourth-order valence-corrected chi connectivity index (χ4v) is 1.91. The summed E-state index contributed by atoms with van der Waals surface area (Å²) in [6, 6.07) is 6.55. The molecule has 0 aliphatic heterocycles. The minimum atomic E-state index is -3.27. The van der Waals surface area contributed by atoms with Gasteiger partial charge in [-0.2, -0.15) is 13.8 Å². The number of hydrogen-bond acceptors (Lipinski definition) is 5. The zero-order chi connectivity index (χ0) is 18.6. The molecular weight excluding hydrogens is 332 g/mol. The van der Waals surface area contributed by atoms with Gasteiger partial charge in [0.1, 0.15) is 11.6 Å². The first kappa shape index (κ1) is 18.4. The van der Waals surface area contributed by atoms with Crippen molar-refractivity contribution in [3.63, 3.8) is 0 Å². The molecule has 0 aliphatic rings. The minimum absolute atomic E-state index is 0.0146. The lowest BCUT2D eigenvalue weighted by Crippen LogP contribution is -2.22. The molecule has 134 valence electrons. The Kier molecular flexibility index (Phi) is 5.35. The number of nitrogen functional groups attached to an aromatic ring is 1. The van der Waals surface area contributed by atoms with Crippen LogP contribution in [-0.4, -0.2) is 22.1 Å². The first-order valence-corrected chi connectivity index (χ1v) is 7.52. The first-order chi connectivity index (χ1) is 11.6. The van der Waals surface area contributed by atoms with Gasteiger partial charge in [0.15, 0.2) is 0 Å². The number of ether oxygens (including phenoxy) is 1. The molecule has 0 unspecified atom stereocenters. The number of anilines is 3. The summed E-state index contributed by atoms with van der Waals surface area (Å²) in [4.78, 5) is 20.1. The number of rotatable bonds is 5. The number of aromatic nitrogens is 2. The van der Waals surface area contributed by atoms with Gasteiger partial charge in [-0.15, -0.1) is 0 Å². The van der Waals surface area contributed by atoms with Crippen molar-refractivity contribution in [2.45, 2.75) is 32.8 Å². The van der Waals surface area contributed by atoms with Gasteiger partial charge in [0.05, 0.1) is 5.69 Å². The van der Waals surface area contributed by atoms with Crippen molar-refractivity contribution in [1.82, 2.24) is 9.97 Å². The average Bonchev–Trinajstić information content (AvgIpc) is 2.47. The van der Waals surface area contributed by atoms with Crippen LogP contribution in [0.1, 0.15) is 32.4 Å². The van der Waals surface area contributed by atoms with Crippen molar-refractivity contribution in [1.29, 1.82) is 0 Å². The van der Waals surface area contributed by atoms with Crippen LogP contribution < -0.4 is 21.1 Å². The maximum absolute atomic E-state index is 12.8. The molecule has 2 rings (SSSR count). The average molecular weight is 351 g/mol. The zero-order valence-electron chi connectivity index (χ0n) is 14.0. The SMILES string of the molecule is CC(C)c1cc(N)nc(NC(=O)Nc2ccc(OC(C)(F)F)cc2)n1. The summed E-state index contributed by atoms with van der Waals surface area (Å²) in [5.74, 6) is 0.431. The second kappa shape index (κ2) is 7.29. The monoisotopic (exact) mass is 351 g/mol. The molecule has 9 heteroatoms. The third-order valence-corrected chi connectivity index (χ3v) is 2.99. The highest BCUT2D eigenvalue weighted by atomic mass is 19.3. The van der Waals surface area contributed by atoms with Crippen LogP contribution in [0.25, 0.3) is 0 Å². The Balaban J connectivity index is 2.01. The van der Waals surface area contributed by atoms with E-state index in [0.717, 1.165) is 0 Å². The van der Waals surface area contributed by atoms with Crippen molar-refractivity contribution < 1.29 is 18.3 Å². The zero-order valence-corrected chi connectivity index (χ0v) is 14.0. The predicted molar refractivity (Wildman–Crippen MR) is 90.9 cm³/mol. The molecule has 25 heavy (non-hydrogen) atoms. The first-order valence-electron chi connectivity index (χ1n) is 7.52. The van der Waals surface area contributed by atoms with Gasteiger partial charge in [0.2, 0.25) is 5.95 Å². The molecule has 0 fully saturated rings. The Morgan fingerprint density at radius 2 is 1.84 bits per heavy atom. The van der Waals surface area contributed by atoms with Crippen LogP contribution in [0.15, 0.2) is 30.3 Å². The van der Waals surface area contributed by atoms with E-state index in [-0.39, 0.29) is 23.4 Å². The number of halogens is 2. The van der Waals surface area contributed by atoms with Crippen molar-refractivity contribution in [3.05, 3.63) is 36.0 Å². The fraction of sp³-hybridized carbons (Fsp3) is 0.312. The molecule has 0 saturated carbocycles. The van der Waals surface area contributed by atoms with Gasteiger partial charge in [0.25, 0.3) is 0 Å². The number of benzene rings is 1. The molecule has 0 bridgehead atoms. The molecule has 0 radical (unpaired) electrons. The molecular formula is C16H19F2N5O2. The molecule has 7 nitrogen and oxygen atoms in total. The lowest BCUT2D eigenvalue weighted by Gasteiger charge is -2.13. The molecule has 0 saturated heterocycles. The Bertz CT molecular complexity index is 745. The van der Waals surface area contributed by atoms with Crippen molar-refractivity contribution >= 4 is 23.5 Å². The van der Waals surface area contributed by atoms with E-state index in [9.17, 15) is 13.6 Å². The summed E-state index contributed by atoms with van der Waals surface area (Å²) in [6.07, 6.45) is -3.27. The number of hydrogen-bond donors (Lipinski definition) is 3. The van der Waals surface area contributed by atoms with E-state index >= 15 is 0 Å². The highest BCUT2D eigenvalue weighted by Gasteiger charge is 2.22. The van der Waals surface area contributed by atoms with E-state index in [4.69, 9.17) is 5.73 Å². The highest BCUT2D eigenvalue weighted by Crippen LogP contribution is 2.22. The predicted octanol–water partition coefficient (Wildman–Crippen LogP) is 3.82. The smallest absolute Gasteiger partial charge is 0.394 e. The van der Waals surface area contributed by atoms with E-state index in [1.54, 1.807) is 6.07 Å². The molecule has 1 aromatic carbocycles. The summed E-state index contributed by atoms with van der Waals surface area (Å²) in [7, 11) is 0. The lowest BCUT2D eigenvalue weighted by atomic mass is 10.1. The number of amides is 2. The standard InChI is InChI=1S/C16H19F2N5O2/c1-9(2)12-8-13(19)22-14(21-12)23-15(24)20-10-4-6-11(7-5-10)25-16(3,17)18/h4-9H,1-3H3,(H4,19,20,21,22,23,24). The fourth-order valence-electron chi connectivity index (χ4n) is 1.91. The molecule has 2 aromatic rings. The molecule has 2 amide bonds. The normalized spacial score (nSPS) is 11.3. The van der Waals surface area contributed by atoms with Crippen LogP contribution >= 0.6 is 0 Å². The number of alkyl halides is 2. The summed E-state index contributed by atoms with van der Waals surface area (Å²) >= 11 is 0. The molecule has 4 N–H and O–H groups in total. The second-order valence-corrected chi connectivity index (χ2v) is 5.71. The quantitative estimate of drug-likeness (QED) is 0.760. The maximum atomic E-state index is 12.8. The number of nitrogens with two attached hydrogens (primary N) is 1. The van der Waals surface area contributed by atoms with E-state index < -0.39 is 12.1 Å². The largest absolute Gasteiger partial charge is 0.433 e. The third-order valence-electron chi connectivity index (χ3n) is 2.99. The molecule has 0 aliphatic carbocycles. The second-order valence-electron chi connectivity index (χ2n) is 5.71. The van der Waals surface area contributed by atoms with Crippen LogP contribution in [0.4, 0.5) is 31.0 Å². The van der Waals surface area contributed by atoms with Gasteiger partial charge in [-0.1, -0.05) is 13.8 Å². The Hall–Kier alpha value is -2.97. The van der Waals surface area contributed by atoms with E-state index in [0.29, 0.717) is 18.3 Å². The van der Waals surface area contributed by atoms with Gasteiger partial charge in [-0.3, -0.25) is 5.32 Å². The number of urea groups is 1. The van der Waals surface area contributed by atoms with Crippen molar-refractivity contribution in [2.75, 3.05) is 16.4 Å². The van der Waals surface area contributed by atoms with E-state index in [2.05, 4.69) is 25.3 Å². The lowest BCUT2D eigenvalue weighted by molar-refractivity contribution is -0.158. The Morgan fingerprint density at radius 1 is 1.20 bits per heavy atom. The molecule has 1 aromatic heterocycles. The van der Waals surface area contributed by atoms with Gasteiger partial charge in [0, 0.05) is 18.7 Å². The number of nitrogens with zero attached hydrogens (tertiary/aromatic N) is 2. The summed E-state index contributed by atoms with van der Waals surface area (Å²) in [5.41, 5.74) is 6.78. The van der Waals surface area contributed by atoms with Crippen LogP contribution in [-0.2, 0) is 0 Å². The van der Waals surface area contributed by atoms with Gasteiger partial charge in [-0.05, 0) is 30.2 Å². The molecule has 0 atom stereocenters. The number of nitrogens with one attached hydrogen (secondary N) is 2. The van der Waals surface area contributed by atoms with Crippen molar-refractivity contribution in [2.24, 2.45) is 0 Å². The molecule has 0 spiro atoms. The summed E-state index contributed by atoms with van der Waals surface area (Å²) in [5, 5.41) is 5.01. The topological polar surface area (TPSA) is 102 Å². The summed E-state index contributed by atoms with van der Waals surface area (Å²) < 4.78 is 29.9. The maximum Gasteiger partial charge on any atom is 0.394 e. The van der Waals surface area contributed by atoms with Crippen LogP contribution in [0.5, 0.6) is 5.75 Å². The Morgan fingerprint density at radius 3 is 2.40 bits per heavy atom. The van der Waals surface area contributed by atoms with Gasteiger partial charge in [-0.25, -0.2) is 9.78 Å². The van der Waals surface area contributed by atoms with Gasteiger partial charge >= 0.3 is 12.1 Å². The van der Waals surface area contributed by atoms with Crippen LogP contribution in [0, 0.1) is 0 Å². The van der Waals surface area contributed by atoms with Gasteiger partial charge < -0.3 is 15.8 Å². The van der Waals surface area contributed by atoms with Crippen LogP contribution in [0.3, 0.4) is 0 Å². The Labute approximate surface area is 143 Å². The number of carbonyl (C=O) groups excluding carboxylic acids is 1. The van der Waals surface area contributed by atoms with E-state index in [1.807, 2.05) is 13.8 Å². The van der Waals surface area contributed by atoms with E-state index in [1.165, 1.54) is 24.3 Å². The number of carbonyl (C=O) groups is 1. The third kappa shape index (κ3) is 5.87. The highest BCUT2D eigenvalue weighted by molar-refractivity contribution is 5.98. The minimum Gasteiger partial charge on any atom is -0.433 e.